The summed E-state index contributed by atoms with van der Waals surface area (Å²) in [5.41, 5.74) is 2.07. The van der Waals surface area contributed by atoms with Crippen LogP contribution in [0.5, 0.6) is 5.75 Å². The van der Waals surface area contributed by atoms with Gasteiger partial charge in [0.15, 0.2) is 0 Å². The number of aliphatic hydroxyl groups is 1. The molecular formula is C15H21NO3. The number of rotatable bonds is 3. The molecule has 0 radical (unpaired) electrons. The van der Waals surface area contributed by atoms with Crippen molar-refractivity contribution in [1.82, 2.24) is 4.90 Å². The van der Waals surface area contributed by atoms with Gasteiger partial charge in [0.2, 0.25) is 0 Å². The Kier molecular flexibility index (Phi) is 3.73. The van der Waals surface area contributed by atoms with E-state index in [-0.39, 0.29) is 6.10 Å². The van der Waals surface area contributed by atoms with E-state index >= 15 is 0 Å². The van der Waals surface area contributed by atoms with E-state index in [1.54, 1.807) is 0 Å². The summed E-state index contributed by atoms with van der Waals surface area (Å²) in [6, 6.07) is 6.01. The van der Waals surface area contributed by atoms with E-state index in [1.807, 2.05) is 12.1 Å². The quantitative estimate of drug-likeness (QED) is 0.894. The van der Waals surface area contributed by atoms with Crippen molar-refractivity contribution in [3.05, 3.63) is 29.3 Å². The maximum absolute atomic E-state index is 10.6. The van der Waals surface area contributed by atoms with E-state index in [0.717, 1.165) is 37.4 Å². The van der Waals surface area contributed by atoms with E-state index in [4.69, 9.17) is 9.47 Å². The Morgan fingerprint density at radius 3 is 3.16 bits per heavy atom. The minimum Gasteiger partial charge on any atom is -0.493 e. The summed E-state index contributed by atoms with van der Waals surface area (Å²) in [4.78, 5) is 2.31. The zero-order valence-corrected chi connectivity index (χ0v) is 11.3. The fourth-order valence-electron chi connectivity index (χ4n) is 2.88. The van der Waals surface area contributed by atoms with Crippen molar-refractivity contribution in [2.24, 2.45) is 0 Å². The molecule has 4 nitrogen and oxygen atoms in total. The number of likely N-dealkylation sites (N-methyl/N-ethyl adjacent to an activating group) is 1. The van der Waals surface area contributed by atoms with Crippen LogP contribution >= 0.6 is 0 Å². The van der Waals surface area contributed by atoms with Crippen molar-refractivity contribution >= 4 is 0 Å². The predicted octanol–water partition coefficient (Wildman–Crippen LogP) is 1.38. The van der Waals surface area contributed by atoms with Crippen LogP contribution in [0.2, 0.25) is 0 Å². The van der Waals surface area contributed by atoms with Crippen LogP contribution in [0.3, 0.4) is 0 Å². The number of ether oxygens (including phenoxy) is 2. The molecule has 0 saturated carbocycles. The lowest BCUT2D eigenvalue weighted by atomic mass is 9.99. The zero-order valence-electron chi connectivity index (χ0n) is 11.3. The fraction of sp³-hybridized carbons (Fsp3) is 0.600. The van der Waals surface area contributed by atoms with Gasteiger partial charge in [-0.2, -0.15) is 0 Å². The number of hydrogen-bond donors (Lipinski definition) is 1. The third-order valence-corrected chi connectivity index (χ3v) is 4.04. The largest absolute Gasteiger partial charge is 0.493 e. The van der Waals surface area contributed by atoms with Crippen molar-refractivity contribution in [3.8, 4) is 5.75 Å². The molecule has 19 heavy (non-hydrogen) atoms. The second-order valence-corrected chi connectivity index (χ2v) is 5.18. The van der Waals surface area contributed by atoms with Crippen molar-refractivity contribution < 1.29 is 14.6 Å². The van der Waals surface area contributed by atoms with Crippen molar-refractivity contribution in [3.63, 3.8) is 0 Å². The van der Waals surface area contributed by atoms with Gasteiger partial charge >= 0.3 is 0 Å². The first-order valence-electron chi connectivity index (χ1n) is 7.06. The molecule has 0 aromatic heterocycles. The van der Waals surface area contributed by atoms with Crippen molar-refractivity contribution in [2.75, 3.05) is 32.8 Å². The van der Waals surface area contributed by atoms with E-state index in [1.165, 1.54) is 5.56 Å². The molecule has 4 heteroatoms. The number of fused-ring (bicyclic) bond motifs is 1. The van der Waals surface area contributed by atoms with E-state index in [9.17, 15) is 5.11 Å². The molecule has 0 amide bonds. The van der Waals surface area contributed by atoms with Crippen LogP contribution in [0.1, 0.15) is 24.2 Å². The molecular weight excluding hydrogens is 242 g/mol. The summed E-state index contributed by atoms with van der Waals surface area (Å²) in [5.74, 6) is 0.868. The predicted molar refractivity (Wildman–Crippen MR) is 72.5 cm³/mol. The van der Waals surface area contributed by atoms with Gasteiger partial charge in [-0.25, -0.2) is 0 Å². The van der Waals surface area contributed by atoms with Gasteiger partial charge < -0.3 is 14.6 Å². The fourth-order valence-corrected chi connectivity index (χ4v) is 2.88. The van der Waals surface area contributed by atoms with Crippen molar-refractivity contribution in [2.45, 2.75) is 25.6 Å². The van der Waals surface area contributed by atoms with Crippen LogP contribution in [0.15, 0.2) is 18.2 Å². The summed E-state index contributed by atoms with van der Waals surface area (Å²) >= 11 is 0. The van der Waals surface area contributed by atoms with E-state index in [0.29, 0.717) is 13.2 Å². The summed E-state index contributed by atoms with van der Waals surface area (Å²) < 4.78 is 11.4. The van der Waals surface area contributed by atoms with Crippen LogP contribution in [-0.4, -0.2) is 49.0 Å². The first-order chi connectivity index (χ1) is 9.29. The second kappa shape index (κ2) is 5.49. The first kappa shape index (κ1) is 12.9. The lowest BCUT2D eigenvalue weighted by Crippen LogP contribution is -2.44. The molecule has 3 rings (SSSR count). The number of hydrogen-bond acceptors (Lipinski definition) is 4. The standard InChI is InChI=1S/C15H21NO3/c1-2-16-7-9-18-13(10-16)14(17)12-5-3-4-11-6-8-19-15(11)12/h3-5,13-14,17H,2,6-10H2,1H3. The van der Waals surface area contributed by atoms with Gasteiger partial charge in [0, 0.05) is 25.1 Å². The monoisotopic (exact) mass is 263 g/mol. The molecule has 2 unspecified atom stereocenters. The SMILES string of the molecule is CCN1CCOC(C(O)c2cccc3c2OCC3)C1. The lowest BCUT2D eigenvalue weighted by Gasteiger charge is -2.34. The molecule has 0 aliphatic carbocycles. The summed E-state index contributed by atoms with van der Waals surface area (Å²) in [7, 11) is 0. The highest BCUT2D eigenvalue weighted by Crippen LogP contribution is 2.35. The van der Waals surface area contributed by atoms with E-state index in [2.05, 4.69) is 17.9 Å². The van der Waals surface area contributed by atoms with Gasteiger partial charge in [-0.1, -0.05) is 25.1 Å². The summed E-state index contributed by atoms with van der Waals surface area (Å²) in [6.45, 7) is 6.26. The average Bonchev–Trinajstić information content (AvgIpc) is 2.95. The lowest BCUT2D eigenvalue weighted by molar-refractivity contribution is -0.0893. The third-order valence-electron chi connectivity index (χ3n) is 4.04. The highest BCUT2D eigenvalue weighted by atomic mass is 16.5. The molecule has 2 aliphatic heterocycles. The first-order valence-corrected chi connectivity index (χ1v) is 7.06. The normalized spacial score (nSPS) is 24.8. The Bertz CT molecular complexity index is 449. The molecule has 1 aromatic rings. The molecule has 2 atom stereocenters. The Morgan fingerprint density at radius 2 is 2.32 bits per heavy atom. The van der Waals surface area contributed by atoms with Crippen LogP contribution in [0.4, 0.5) is 0 Å². The highest BCUT2D eigenvalue weighted by molar-refractivity contribution is 5.45. The van der Waals surface area contributed by atoms with Crippen molar-refractivity contribution in [1.29, 1.82) is 0 Å². The number of morpholine rings is 1. The molecule has 0 spiro atoms. The molecule has 1 saturated heterocycles. The molecule has 2 heterocycles. The summed E-state index contributed by atoms with van der Waals surface area (Å²) in [5, 5.41) is 10.6. The average molecular weight is 263 g/mol. The Labute approximate surface area is 113 Å². The summed E-state index contributed by atoms with van der Waals surface area (Å²) in [6.07, 6.45) is 0.162. The number of benzene rings is 1. The molecule has 1 N–H and O–H groups in total. The smallest absolute Gasteiger partial charge is 0.128 e. The molecule has 1 fully saturated rings. The number of aliphatic hydroxyl groups excluding tert-OH is 1. The van der Waals surface area contributed by atoms with Gasteiger partial charge in [0.25, 0.3) is 0 Å². The Balaban J connectivity index is 1.80. The van der Waals surface area contributed by atoms with Crippen LogP contribution < -0.4 is 4.74 Å². The minimum absolute atomic E-state index is 0.163. The topological polar surface area (TPSA) is 41.9 Å². The second-order valence-electron chi connectivity index (χ2n) is 5.18. The van der Waals surface area contributed by atoms with Crippen LogP contribution in [0.25, 0.3) is 0 Å². The van der Waals surface area contributed by atoms with Gasteiger partial charge in [0.1, 0.15) is 18.0 Å². The minimum atomic E-state index is -0.609. The Hall–Kier alpha value is -1.10. The molecule has 0 bridgehead atoms. The number of nitrogens with zero attached hydrogens (tertiary/aromatic N) is 1. The zero-order chi connectivity index (χ0) is 13.2. The van der Waals surface area contributed by atoms with E-state index < -0.39 is 6.10 Å². The third kappa shape index (κ3) is 2.48. The molecule has 1 aromatic carbocycles. The van der Waals surface area contributed by atoms with Crippen LogP contribution in [0, 0.1) is 0 Å². The maximum Gasteiger partial charge on any atom is 0.128 e. The molecule has 104 valence electrons. The van der Waals surface area contributed by atoms with Gasteiger partial charge in [0.05, 0.1) is 13.2 Å². The van der Waals surface area contributed by atoms with Gasteiger partial charge in [-0.05, 0) is 12.1 Å². The van der Waals surface area contributed by atoms with Gasteiger partial charge in [-0.15, -0.1) is 0 Å². The molecule has 2 aliphatic rings. The Morgan fingerprint density at radius 1 is 1.42 bits per heavy atom. The highest BCUT2D eigenvalue weighted by Gasteiger charge is 2.30. The van der Waals surface area contributed by atoms with Gasteiger partial charge in [-0.3, -0.25) is 4.90 Å². The maximum atomic E-state index is 10.6. The number of para-hydroxylation sites is 1. The van der Waals surface area contributed by atoms with Crippen LogP contribution in [-0.2, 0) is 11.2 Å².